The Morgan fingerprint density at radius 2 is 2.26 bits per heavy atom. The SMILES string of the molecule is COC(=O)c1ccc(N2CCNCC2C(N)=O)nn1. The second-order valence-electron chi connectivity index (χ2n) is 4.08. The Hall–Kier alpha value is -2.22. The third-order valence-electron chi connectivity index (χ3n) is 2.91. The summed E-state index contributed by atoms with van der Waals surface area (Å²) in [6, 6.07) is 2.67. The maximum atomic E-state index is 11.4. The normalized spacial score (nSPS) is 19.0. The summed E-state index contributed by atoms with van der Waals surface area (Å²) in [6.07, 6.45) is 0. The minimum absolute atomic E-state index is 0.122. The fraction of sp³-hybridized carbons (Fsp3) is 0.455. The lowest BCUT2D eigenvalue weighted by atomic mass is 10.2. The van der Waals surface area contributed by atoms with Gasteiger partial charge in [0.1, 0.15) is 6.04 Å². The molecule has 1 atom stereocenters. The van der Waals surface area contributed by atoms with Crippen LogP contribution in [0.4, 0.5) is 5.82 Å². The molecule has 3 N–H and O–H groups in total. The summed E-state index contributed by atoms with van der Waals surface area (Å²) in [5.74, 6) is -0.463. The highest BCUT2D eigenvalue weighted by Gasteiger charge is 2.28. The number of hydrogen-bond acceptors (Lipinski definition) is 7. The fourth-order valence-corrected chi connectivity index (χ4v) is 1.92. The van der Waals surface area contributed by atoms with E-state index < -0.39 is 17.9 Å². The number of rotatable bonds is 3. The number of nitrogens with zero attached hydrogens (tertiary/aromatic N) is 3. The van der Waals surface area contributed by atoms with Gasteiger partial charge >= 0.3 is 5.97 Å². The van der Waals surface area contributed by atoms with E-state index in [2.05, 4.69) is 20.3 Å². The van der Waals surface area contributed by atoms with Gasteiger partial charge in [-0.1, -0.05) is 0 Å². The van der Waals surface area contributed by atoms with Crippen molar-refractivity contribution in [3.8, 4) is 0 Å². The van der Waals surface area contributed by atoms with E-state index in [9.17, 15) is 9.59 Å². The molecule has 2 rings (SSSR count). The maximum Gasteiger partial charge on any atom is 0.358 e. The van der Waals surface area contributed by atoms with Crippen molar-refractivity contribution in [3.05, 3.63) is 17.8 Å². The van der Waals surface area contributed by atoms with Crippen molar-refractivity contribution in [2.45, 2.75) is 6.04 Å². The first-order chi connectivity index (χ1) is 9.13. The molecule has 0 aliphatic carbocycles. The lowest BCUT2D eigenvalue weighted by Crippen LogP contribution is -2.57. The van der Waals surface area contributed by atoms with Gasteiger partial charge in [-0.15, -0.1) is 10.2 Å². The monoisotopic (exact) mass is 265 g/mol. The van der Waals surface area contributed by atoms with Gasteiger partial charge in [-0.2, -0.15) is 0 Å². The van der Waals surface area contributed by atoms with Crippen LogP contribution in [0.3, 0.4) is 0 Å². The quantitative estimate of drug-likeness (QED) is 0.642. The van der Waals surface area contributed by atoms with Crippen LogP contribution in [-0.2, 0) is 9.53 Å². The van der Waals surface area contributed by atoms with E-state index in [0.29, 0.717) is 18.9 Å². The van der Waals surface area contributed by atoms with E-state index in [1.807, 2.05) is 0 Å². The second-order valence-corrected chi connectivity index (χ2v) is 4.08. The number of hydrogen-bond donors (Lipinski definition) is 2. The number of anilines is 1. The molecule has 0 radical (unpaired) electrons. The summed E-state index contributed by atoms with van der Waals surface area (Å²) in [4.78, 5) is 24.4. The van der Waals surface area contributed by atoms with Gasteiger partial charge in [-0.25, -0.2) is 4.79 Å². The number of methoxy groups -OCH3 is 1. The molecule has 102 valence electrons. The van der Waals surface area contributed by atoms with Crippen molar-refractivity contribution in [2.24, 2.45) is 5.73 Å². The van der Waals surface area contributed by atoms with Crippen LogP contribution in [0.25, 0.3) is 0 Å². The zero-order chi connectivity index (χ0) is 13.8. The van der Waals surface area contributed by atoms with Crippen LogP contribution in [-0.4, -0.2) is 54.9 Å². The Balaban J connectivity index is 2.20. The maximum absolute atomic E-state index is 11.4. The highest BCUT2D eigenvalue weighted by atomic mass is 16.5. The second kappa shape index (κ2) is 5.61. The molecule has 0 bridgehead atoms. The summed E-state index contributed by atoms with van der Waals surface area (Å²) in [7, 11) is 1.28. The standard InChI is InChI=1S/C11H15N5O3/c1-19-11(18)7-2-3-9(15-14-7)16-5-4-13-6-8(16)10(12)17/h2-3,8,13H,4-6H2,1H3,(H2,12,17). The molecular formula is C11H15N5O3. The molecule has 1 amide bonds. The first-order valence-electron chi connectivity index (χ1n) is 5.82. The number of nitrogens with two attached hydrogens (primary N) is 1. The summed E-state index contributed by atoms with van der Waals surface area (Å²) in [5, 5.41) is 10.8. The number of esters is 1. The average Bonchev–Trinajstić information content (AvgIpc) is 2.46. The molecule has 1 saturated heterocycles. The lowest BCUT2D eigenvalue weighted by molar-refractivity contribution is -0.119. The summed E-state index contributed by atoms with van der Waals surface area (Å²) < 4.78 is 4.54. The van der Waals surface area contributed by atoms with Crippen LogP contribution in [0.15, 0.2) is 12.1 Å². The first-order valence-corrected chi connectivity index (χ1v) is 5.82. The van der Waals surface area contributed by atoms with Crippen molar-refractivity contribution in [3.63, 3.8) is 0 Å². The van der Waals surface area contributed by atoms with Gasteiger partial charge in [0.2, 0.25) is 5.91 Å². The number of nitrogens with one attached hydrogen (secondary N) is 1. The largest absolute Gasteiger partial charge is 0.464 e. The molecule has 1 aromatic rings. The van der Waals surface area contributed by atoms with E-state index in [0.717, 1.165) is 6.54 Å². The van der Waals surface area contributed by atoms with Crippen LogP contribution in [0.5, 0.6) is 0 Å². The predicted molar refractivity (Wildman–Crippen MR) is 66.6 cm³/mol. The van der Waals surface area contributed by atoms with Gasteiger partial charge in [0.15, 0.2) is 11.5 Å². The average molecular weight is 265 g/mol. The smallest absolute Gasteiger partial charge is 0.358 e. The third-order valence-corrected chi connectivity index (χ3v) is 2.91. The first kappa shape index (κ1) is 13.2. The summed E-state index contributed by atoms with van der Waals surface area (Å²) in [5.41, 5.74) is 5.47. The molecule has 8 heteroatoms. The van der Waals surface area contributed by atoms with E-state index in [-0.39, 0.29) is 5.69 Å². The van der Waals surface area contributed by atoms with Gasteiger partial charge in [0, 0.05) is 19.6 Å². The fourth-order valence-electron chi connectivity index (χ4n) is 1.92. The number of carbonyl (C=O) groups excluding carboxylic acids is 2. The highest BCUT2D eigenvalue weighted by Crippen LogP contribution is 2.15. The van der Waals surface area contributed by atoms with E-state index >= 15 is 0 Å². The van der Waals surface area contributed by atoms with Crippen LogP contribution >= 0.6 is 0 Å². The molecular weight excluding hydrogens is 250 g/mol. The number of aromatic nitrogens is 2. The number of piperazine rings is 1. The van der Waals surface area contributed by atoms with E-state index in [1.165, 1.54) is 13.2 Å². The Bertz CT molecular complexity index is 476. The van der Waals surface area contributed by atoms with Crippen molar-refractivity contribution in [1.29, 1.82) is 0 Å². The predicted octanol–water partition coefficient (Wildman–Crippen LogP) is -1.47. The minimum atomic E-state index is -0.550. The summed E-state index contributed by atoms with van der Waals surface area (Å²) >= 11 is 0. The Kier molecular flexibility index (Phi) is 3.91. The van der Waals surface area contributed by atoms with Crippen LogP contribution in [0.1, 0.15) is 10.5 Å². The number of ether oxygens (including phenoxy) is 1. The van der Waals surface area contributed by atoms with Crippen LogP contribution in [0, 0.1) is 0 Å². The van der Waals surface area contributed by atoms with Crippen molar-refractivity contribution < 1.29 is 14.3 Å². The molecule has 1 aromatic heterocycles. The van der Waals surface area contributed by atoms with Crippen molar-refractivity contribution in [2.75, 3.05) is 31.6 Å². The molecule has 0 saturated carbocycles. The Labute approximate surface area is 109 Å². The third kappa shape index (κ3) is 2.79. The molecule has 0 aromatic carbocycles. The molecule has 1 aliphatic heterocycles. The zero-order valence-corrected chi connectivity index (χ0v) is 10.5. The molecule has 8 nitrogen and oxygen atoms in total. The summed E-state index contributed by atoms with van der Waals surface area (Å²) in [6.45, 7) is 1.79. The number of amides is 1. The molecule has 1 unspecified atom stereocenters. The molecule has 0 spiro atoms. The molecule has 1 aliphatic rings. The topological polar surface area (TPSA) is 110 Å². The van der Waals surface area contributed by atoms with Gasteiger partial charge in [0.05, 0.1) is 7.11 Å². The number of primary amides is 1. The molecule has 19 heavy (non-hydrogen) atoms. The van der Waals surface area contributed by atoms with Gasteiger partial charge in [0.25, 0.3) is 0 Å². The molecule has 2 heterocycles. The van der Waals surface area contributed by atoms with Crippen molar-refractivity contribution in [1.82, 2.24) is 15.5 Å². The van der Waals surface area contributed by atoms with E-state index in [1.54, 1.807) is 11.0 Å². The van der Waals surface area contributed by atoms with Gasteiger partial charge in [-0.3, -0.25) is 4.79 Å². The molecule has 1 fully saturated rings. The zero-order valence-electron chi connectivity index (χ0n) is 10.5. The number of carbonyl (C=O) groups is 2. The van der Waals surface area contributed by atoms with Crippen LogP contribution < -0.4 is 16.0 Å². The minimum Gasteiger partial charge on any atom is -0.464 e. The van der Waals surface area contributed by atoms with Crippen LogP contribution in [0.2, 0.25) is 0 Å². The Morgan fingerprint density at radius 1 is 1.47 bits per heavy atom. The highest BCUT2D eigenvalue weighted by molar-refractivity contribution is 5.87. The Morgan fingerprint density at radius 3 is 2.84 bits per heavy atom. The van der Waals surface area contributed by atoms with Gasteiger partial charge in [-0.05, 0) is 12.1 Å². The van der Waals surface area contributed by atoms with E-state index in [4.69, 9.17) is 5.73 Å². The van der Waals surface area contributed by atoms with Crippen molar-refractivity contribution >= 4 is 17.7 Å². The van der Waals surface area contributed by atoms with Gasteiger partial charge < -0.3 is 20.7 Å². The lowest BCUT2D eigenvalue weighted by Gasteiger charge is -2.34.